The first-order valence-electron chi connectivity index (χ1n) is 8.46. The number of carbonyl (C=O) groups excluding carboxylic acids is 1. The zero-order chi connectivity index (χ0) is 16.0. The molecule has 124 valence electrons. The van der Waals surface area contributed by atoms with Crippen molar-refractivity contribution in [3.05, 3.63) is 29.1 Å². The van der Waals surface area contributed by atoms with Crippen LogP contribution in [0.3, 0.4) is 0 Å². The van der Waals surface area contributed by atoms with Gasteiger partial charge in [0.15, 0.2) is 0 Å². The highest BCUT2D eigenvalue weighted by atomic mass is 16.5. The van der Waals surface area contributed by atoms with Crippen molar-refractivity contribution in [3.63, 3.8) is 0 Å². The molecule has 1 aromatic heterocycles. The van der Waals surface area contributed by atoms with E-state index in [0.29, 0.717) is 17.0 Å². The summed E-state index contributed by atoms with van der Waals surface area (Å²) in [5.41, 5.74) is 4.83. The minimum absolute atomic E-state index is 0.428. The summed E-state index contributed by atoms with van der Waals surface area (Å²) in [4.78, 5) is 21.1. The standard InChI is InChI=1S/C17H24N4O2/c1-20-7-5-17(11-20)4-2-15(17)21-6-3-12-8-13(16(22)19-23)9-18-14(12)10-21/h8-9,15,23H,2-7,10-11H2,1H3,(H,19,22)/t15-,17+/m0/s1. The fraction of sp³-hybridized carbons (Fsp3) is 0.647. The number of nitrogens with zero attached hydrogens (tertiary/aromatic N) is 3. The lowest BCUT2D eigenvalue weighted by Crippen LogP contribution is -2.57. The quantitative estimate of drug-likeness (QED) is 0.630. The molecule has 23 heavy (non-hydrogen) atoms. The molecule has 4 rings (SSSR count). The molecular weight excluding hydrogens is 292 g/mol. The summed E-state index contributed by atoms with van der Waals surface area (Å²) in [6, 6.07) is 2.55. The predicted octanol–water partition coefficient (Wildman–Crippen LogP) is 1.04. The van der Waals surface area contributed by atoms with Gasteiger partial charge in [0.2, 0.25) is 0 Å². The van der Waals surface area contributed by atoms with Gasteiger partial charge in [-0.15, -0.1) is 0 Å². The molecule has 0 unspecified atom stereocenters. The molecule has 0 radical (unpaired) electrons. The third-order valence-electron chi connectivity index (χ3n) is 6.08. The second-order valence-corrected chi connectivity index (χ2v) is 7.40. The number of aromatic nitrogens is 1. The van der Waals surface area contributed by atoms with Crippen molar-refractivity contribution in [3.8, 4) is 0 Å². The Morgan fingerprint density at radius 2 is 2.30 bits per heavy atom. The Hall–Kier alpha value is -1.50. The fourth-order valence-electron chi connectivity index (χ4n) is 4.72. The highest BCUT2D eigenvalue weighted by molar-refractivity contribution is 5.93. The van der Waals surface area contributed by atoms with Crippen molar-refractivity contribution >= 4 is 5.91 Å². The molecule has 0 aromatic carbocycles. The van der Waals surface area contributed by atoms with E-state index in [2.05, 4.69) is 21.8 Å². The molecule has 1 saturated heterocycles. The molecule has 3 heterocycles. The molecule has 1 saturated carbocycles. The summed E-state index contributed by atoms with van der Waals surface area (Å²) in [5.74, 6) is -0.491. The molecule has 3 aliphatic rings. The summed E-state index contributed by atoms with van der Waals surface area (Å²) in [6.45, 7) is 4.37. The molecule has 2 fully saturated rings. The van der Waals surface area contributed by atoms with Gasteiger partial charge < -0.3 is 4.90 Å². The summed E-state index contributed by atoms with van der Waals surface area (Å²) in [6.07, 6.45) is 6.47. The summed E-state index contributed by atoms with van der Waals surface area (Å²) < 4.78 is 0. The normalized spacial score (nSPS) is 31.0. The van der Waals surface area contributed by atoms with Crippen molar-refractivity contribution in [2.45, 2.75) is 38.3 Å². The van der Waals surface area contributed by atoms with E-state index in [9.17, 15) is 4.79 Å². The van der Waals surface area contributed by atoms with Gasteiger partial charge in [-0.25, -0.2) is 5.48 Å². The molecule has 2 N–H and O–H groups in total. The number of fused-ring (bicyclic) bond motifs is 1. The average Bonchev–Trinajstić information content (AvgIpc) is 2.97. The van der Waals surface area contributed by atoms with Crippen LogP contribution in [0.4, 0.5) is 0 Å². The molecule has 6 nitrogen and oxygen atoms in total. The monoisotopic (exact) mass is 316 g/mol. The van der Waals surface area contributed by atoms with E-state index in [-0.39, 0.29) is 0 Å². The van der Waals surface area contributed by atoms with Crippen LogP contribution in [0.2, 0.25) is 0 Å². The smallest absolute Gasteiger partial charge is 0.276 e. The van der Waals surface area contributed by atoms with E-state index < -0.39 is 5.91 Å². The van der Waals surface area contributed by atoms with Gasteiger partial charge in [0.25, 0.3) is 5.91 Å². The highest BCUT2D eigenvalue weighted by Gasteiger charge is 2.52. The Morgan fingerprint density at radius 1 is 1.43 bits per heavy atom. The van der Waals surface area contributed by atoms with Gasteiger partial charge >= 0.3 is 0 Å². The third kappa shape index (κ3) is 2.45. The van der Waals surface area contributed by atoms with Crippen LogP contribution >= 0.6 is 0 Å². The van der Waals surface area contributed by atoms with E-state index in [1.807, 2.05) is 6.07 Å². The van der Waals surface area contributed by atoms with Crippen LogP contribution in [0.5, 0.6) is 0 Å². The highest BCUT2D eigenvalue weighted by Crippen LogP contribution is 2.51. The van der Waals surface area contributed by atoms with Crippen molar-refractivity contribution in [1.82, 2.24) is 20.3 Å². The number of rotatable bonds is 2. The van der Waals surface area contributed by atoms with Crippen LogP contribution in [0.15, 0.2) is 12.3 Å². The topological polar surface area (TPSA) is 68.7 Å². The Labute approximate surface area is 136 Å². The molecule has 0 bridgehead atoms. The van der Waals surface area contributed by atoms with Crippen LogP contribution in [0.25, 0.3) is 0 Å². The maximum Gasteiger partial charge on any atom is 0.276 e. The summed E-state index contributed by atoms with van der Waals surface area (Å²) in [7, 11) is 2.23. The van der Waals surface area contributed by atoms with E-state index in [1.54, 1.807) is 11.7 Å². The molecule has 1 spiro atoms. The zero-order valence-electron chi connectivity index (χ0n) is 13.6. The SMILES string of the molecule is CN1CC[C@]2(CC[C@@H]2N2CCc3cc(C(=O)NO)cnc3C2)C1. The first kappa shape index (κ1) is 15.1. The molecular formula is C17H24N4O2. The van der Waals surface area contributed by atoms with Crippen LogP contribution in [-0.4, -0.2) is 58.6 Å². The first-order chi connectivity index (χ1) is 11.1. The van der Waals surface area contributed by atoms with Crippen LogP contribution in [0.1, 0.15) is 40.9 Å². The molecule has 6 heteroatoms. The van der Waals surface area contributed by atoms with Gasteiger partial charge in [-0.2, -0.15) is 0 Å². The number of carbonyl (C=O) groups is 1. The molecule has 1 amide bonds. The van der Waals surface area contributed by atoms with Gasteiger partial charge in [0.05, 0.1) is 11.3 Å². The van der Waals surface area contributed by atoms with Crippen molar-refractivity contribution in [2.24, 2.45) is 5.41 Å². The van der Waals surface area contributed by atoms with Crippen LogP contribution in [-0.2, 0) is 13.0 Å². The number of pyridine rings is 1. The van der Waals surface area contributed by atoms with Crippen molar-refractivity contribution in [1.29, 1.82) is 0 Å². The van der Waals surface area contributed by atoms with Crippen molar-refractivity contribution < 1.29 is 10.0 Å². The Morgan fingerprint density at radius 3 is 2.96 bits per heavy atom. The first-order valence-corrected chi connectivity index (χ1v) is 8.46. The second-order valence-electron chi connectivity index (χ2n) is 7.40. The second kappa shape index (κ2) is 5.54. The number of hydrogen-bond acceptors (Lipinski definition) is 5. The van der Waals surface area contributed by atoms with E-state index in [4.69, 9.17) is 5.21 Å². The minimum atomic E-state index is -0.491. The molecule has 1 aliphatic carbocycles. The van der Waals surface area contributed by atoms with E-state index >= 15 is 0 Å². The maximum atomic E-state index is 11.5. The third-order valence-corrected chi connectivity index (χ3v) is 6.08. The lowest BCUT2D eigenvalue weighted by molar-refractivity contribution is -0.0265. The fourth-order valence-corrected chi connectivity index (χ4v) is 4.72. The summed E-state index contributed by atoms with van der Waals surface area (Å²) >= 11 is 0. The maximum absolute atomic E-state index is 11.5. The van der Waals surface area contributed by atoms with Gasteiger partial charge in [-0.3, -0.25) is 19.9 Å². The zero-order valence-corrected chi connectivity index (χ0v) is 13.6. The largest absolute Gasteiger partial charge is 0.306 e. The lowest BCUT2D eigenvalue weighted by Gasteiger charge is -2.53. The van der Waals surface area contributed by atoms with Gasteiger partial charge in [-0.1, -0.05) is 0 Å². The predicted molar refractivity (Wildman–Crippen MR) is 85.2 cm³/mol. The molecule has 2 aliphatic heterocycles. The van der Waals surface area contributed by atoms with Crippen LogP contribution < -0.4 is 5.48 Å². The number of hydroxylamine groups is 1. The van der Waals surface area contributed by atoms with Gasteiger partial charge in [-0.05, 0) is 56.3 Å². The number of amides is 1. The van der Waals surface area contributed by atoms with Crippen molar-refractivity contribution in [2.75, 3.05) is 26.7 Å². The lowest BCUT2D eigenvalue weighted by atomic mass is 9.63. The van der Waals surface area contributed by atoms with E-state index in [0.717, 1.165) is 30.8 Å². The van der Waals surface area contributed by atoms with Gasteiger partial charge in [0, 0.05) is 31.9 Å². The summed E-state index contributed by atoms with van der Waals surface area (Å²) in [5, 5.41) is 8.75. The van der Waals surface area contributed by atoms with E-state index in [1.165, 1.54) is 32.4 Å². The average molecular weight is 316 g/mol. The Bertz CT molecular complexity index is 635. The Balaban J connectivity index is 1.50. The molecule has 2 atom stereocenters. The van der Waals surface area contributed by atoms with Crippen LogP contribution in [0, 0.1) is 5.41 Å². The Kier molecular flexibility index (Phi) is 3.63. The number of nitrogens with one attached hydrogen (secondary N) is 1. The molecule has 1 aromatic rings. The number of hydrogen-bond donors (Lipinski definition) is 2. The van der Waals surface area contributed by atoms with Gasteiger partial charge in [0.1, 0.15) is 0 Å². The minimum Gasteiger partial charge on any atom is -0.306 e. The number of likely N-dealkylation sites (tertiary alicyclic amines) is 1.